The quantitative estimate of drug-likeness (QED) is 0.414. The number of anilines is 1. The number of nitrogens with one attached hydrogen (secondary N) is 1. The minimum atomic E-state index is -0.153. The lowest BCUT2D eigenvalue weighted by molar-refractivity contribution is -0.113. The highest BCUT2D eigenvalue weighted by Crippen LogP contribution is 2.29. The molecule has 0 aliphatic rings. The van der Waals surface area contributed by atoms with Crippen molar-refractivity contribution in [3.8, 4) is 6.07 Å². The summed E-state index contributed by atoms with van der Waals surface area (Å²) in [6.45, 7) is 0. The molecule has 9 heteroatoms. The van der Waals surface area contributed by atoms with Crippen molar-refractivity contribution in [2.24, 2.45) is 0 Å². The van der Waals surface area contributed by atoms with Gasteiger partial charge >= 0.3 is 0 Å². The van der Waals surface area contributed by atoms with E-state index in [1.165, 1.54) is 34.9 Å². The minimum Gasteiger partial charge on any atom is -0.300 e. The first-order chi connectivity index (χ1) is 13.1. The maximum atomic E-state index is 12.1. The molecule has 0 aliphatic carbocycles. The van der Waals surface area contributed by atoms with Crippen molar-refractivity contribution in [3.05, 3.63) is 64.7 Å². The molecule has 0 aliphatic heterocycles. The number of nitriles is 1. The van der Waals surface area contributed by atoms with Crippen LogP contribution in [0.15, 0.2) is 57.8 Å². The van der Waals surface area contributed by atoms with Crippen LogP contribution in [0.3, 0.4) is 0 Å². The maximum Gasteiger partial charge on any atom is 0.236 e. The van der Waals surface area contributed by atoms with Crippen molar-refractivity contribution in [2.75, 3.05) is 11.1 Å². The van der Waals surface area contributed by atoms with E-state index in [4.69, 9.17) is 16.9 Å². The number of nitrogens with zero attached hydrogens (tertiary/aromatic N) is 3. The topological polar surface area (TPSA) is 78.7 Å². The smallest absolute Gasteiger partial charge is 0.236 e. The number of hydrogen-bond acceptors (Lipinski definition) is 7. The van der Waals surface area contributed by atoms with Crippen LogP contribution in [-0.4, -0.2) is 21.9 Å². The van der Waals surface area contributed by atoms with E-state index in [2.05, 4.69) is 21.6 Å². The first-order valence-electron chi connectivity index (χ1n) is 7.76. The molecular weight excluding hydrogens is 420 g/mol. The third-order valence-electron chi connectivity index (χ3n) is 3.29. The zero-order valence-electron chi connectivity index (χ0n) is 13.9. The van der Waals surface area contributed by atoms with Gasteiger partial charge in [-0.15, -0.1) is 22.0 Å². The van der Waals surface area contributed by atoms with Crippen LogP contribution in [-0.2, 0) is 10.5 Å². The number of carbonyl (C=O) groups is 1. The second kappa shape index (κ2) is 9.76. The number of aromatic nitrogens is 2. The number of amides is 1. The van der Waals surface area contributed by atoms with Gasteiger partial charge in [-0.2, -0.15) is 5.26 Å². The summed E-state index contributed by atoms with van der Waals surface area (Å²) >= 11 is 10.3. The Bertz CT molecular complexity index is 969. The molecule has 1 aromatic heterocycles. The van der Waals surface area contributed by atoms with Crippen molar-refractivity contribution in [3.63, 3.8) is 0 Å². The lowest BCUT2D eigenvalue weighted by Crippen LogP contribution is -2.13. The number of rotatable bonds is 7. The molecule has 1 amide bonds. The number of carbonyl (C=O) groups excluding carboxylic acids is 1. The molecule has 0 saturated carbocycles. The molecule has 3 aromatic rings. The number of benzene rings is 2. The van der Waals surface area contributed by atoms with Gasteiger partial charge in [-0.3, -0.25) is 10.1 Å². The SMILES string of the molecule is N#Cc1ccc(CSc2nnc(NC(=O)CSc3ccccc3Cl)s2)cc1. The average molecular weight is 433 g/mol. The summed E-state index contributed by atoms with van der Waals surface area (Å²) in [7, 11) is 0. The van der Waals surface area contributed by atoms with E-state index in [-0.39, 0.29) is 11.7 Å². The van der Waals surface area contributed by atoms with E-state index in [1.807, 2.05) is 30.3 Å². The third-order valence-corrected chi connectivity index (χ3v) is 6.85. The van der Waals surface area contributed by atoms with Crippen molar-refractivity contribution >= 4 is 57.5 Å². The molecule has 2 aromatic carbocycles. The molecule has 1 heterocycles. The van der Waals surface area contributed by atoms with Gasteiger partial charge in [-0.25, -0.2) is 0 Å². The Morgan fingerprint density at radius 1 is 1.15 bits per heavy atom. The van der Waals surface area contributed by atoms with E-state index in [9.17, 15) is 4.79 Å². The lowest BCUT2D eigenvalue weighted by atomic mass is 10.2. The second-order valence-electron chi connectivity index (χ2n) is 5.24. The van der Waals surface area contributed by atoms with Crippen molar-refractivity contribution in [2.45, 2.75) is 15.0 Å². The fourth-order valence-corrected chi connectivity index (χ4v) is 4.76. The molecule has 3 rings (SSSR count). The van der Waals surface area contributed by atoms with E-state index < -0.39 is 0 Å². The standard InChI is InChI=1S/C18H13ClN4OS3/c19-14-3-1-2-4-15(14)25-11-16(24)21-17-22-23-18(27-17)26-10-13-7-5-12(9-20)6-8-13/h1-8H,10-11H2,(H,21,22,24). The Morgan fingerprint density at radius 3 is 2.67 bits per heavy atom. The fourth-order valence-electron chi connectivity index (χ4n) is 2.00. The highest BCUT2D eigenvalue weighted by atomic mass is 35.5. The van der Waals surface area contributed by atoms with Crippen LogP contribution in [0.1, 0.15) is 11.1 Å². The van der Waals surface area contributed by atoms with Gasteiger partial charge in [0.25, 0.3) is 0 Å². The molecule has 0 spiro atoms. The Labute approximate surface area is 174 Å². The van der Waals surface area contributed by atoms with Gasteiger partial charge in [0.05, 0.1) is 22.4 Å². The van der Waals surface area contributed by atoms with Gasteiger partial charge in [0.2, 0.25) is 11.0 Å². The third kappa shape index (κ3) is 5.97. The van der Waals surface area contributed by atoms with Gasteiger partial charge in [-0.05, 0) is 29.8 Å². The Balaban J connectivity index is 1.47. The van der Waals surface area contributed by atoms with Crippen LogP contribution in [0.25, 0.3) is 0 Å². The summed E-state index contributed by atoms with van der Waals surface area (Å²) in [5, 5.41) is 20.8. The summed E-state index contributed by atoms with van der Waals surface area (Å²) < 4.78 is 0.772. The van der Waals surface area contributed by atoms with E-state index in [1.54, 1.807) is 18.2 Å². The van der Waals surface area contributed by atoms with Crippen molar-refractivity contribution in [1.29, 1.82) is 5.26 Å². The monoisotopic (exact) mass is 432 g/mol. The molecule has 1 N–H and O–H groups in total. The Morgan fingerprint density at radius 2 is 1.93 bits per heavy atom. The van der Waals surface area contributed by atoms with E-state index in [0.29, 0.717) is 15.7 Å². The van der Waals surface area contributed by atoms with Crippen LogP contribution >= 0.6 is 46.5 Å². The van der Waals surface area contributed by atoms with Crippen LogP contribution < -0.4 is 5.32 Å². The minimum absolute atomic E-state index is 0.153. The van der Waals surface area contributed by atoms with Crippen molar-refractivity contribution < 1.29 is 4.79 Å². The predicted octanol–water partition coefficient (Wildman–Crippen LogP) is 5.09. The molecule has 0 radical (unpaired) electrons. The molecule has 0 saturated heterocycles. The zero-order chi connectivity index (χ0) is 19.1. The second-order valence-corrected chi connectivity index (χ2v) is 8.86. The van der Waals surface area contributed by atoms with Gasteiger partial charge in [0.15, 0.2) is 4.34 Å². The van der Waals surface area contributed by atoms with E-state index in [0.717, 1.165) is 20.6 Å². The molecule has 0 bridgehead atoms. The van der Waals surface area contributed by atoms with Gasteiger partial charge in [0.1, 0.15) is 0 Å². The summed E-state index contributed by atoms with van der Waals surface area (Å²) in [4.78, 5) is 12.9. The normalized spacial score (nSPS) is 10.4. The van der Waals surface area contributed by atoms with Crippen LogP contribution in [0, 0.1) is 11.3 Å². The largest absolute Gasteiger partial charge is 0.300 e. The summed E-state index contributed by atoms with van der Waals surface area (Å²) in [5.41, 5.74) is 1.73. The predicted molar refractivity (Wildman–Crippen MR) is 111 cm³/mol. The Kier molecular flexibility index (Phi) is 7.12. The number of thioether (sulfide) groups is 2. The van der Waals surface area contributed by atoms with Crippen LogP contribution in [0.2, 0.25) is 5.02 Å². The van der Waals surface area contributed by atoms with E-state index >= 15 is 0 Å². The molecule has 0 fully saturated rings. The average Bonchev–Trinajstić information content (AvgIpc) is 3.13. The first-order valence-corrected chi connectivity index (χ1v) is 10.9. The van der Waals surface area contributed by atoms with Crippen molar-refractivity contribution in [1.82, 2.24) is 10.2 Å². The Hall–Kier alpha value is -2.05. The summed E-state index contributed by atoms with van der Waals surface area (Å²) in [6, 6.07) is 16.9. The molecular formula is C18H13ClN4OS3. The first kappa shape index (κ1) is 19.7. The zero-order valence-corrected chi connectivity index (χ0v) is 17.1. The maximum absolute atomic E-state index is 12.1. The summed E-state index contributed by atoms with van der Waals surface area (Å²) in [6.07, 6.45) is 0. The highest BCUT2D eigenvalue weighted by Gasteiger charge is 2.10. The molecule has 5 nitrogen and oxygen atoms in total. The van der Waals surface area contributed by atoms with Gasteiger partial charge in [-0.1, -0.05) is 59.0 Å². The number of hydrogen-bond donors (Lipinski definition) is 1. The van der Waals surface area contributed by atoms with Crippen LogP contribution in [0.4, 0.5) is 5.13 Å². The molecule has 136 valence electrons. The van der Waals surface area contributed by atoms with Crippen LogP contribution in [0.5, 0.6) is 0 Å². The number of halogens is 1. The fraction of sp³-hybridized carbons (Fsp3) is 0.111. The van der Waals surface area contributed by atoms with Gasteiger partial charge < -0.3 is 0 Å². The lowest BCUT2D eigenvalue weighted by Gasteiger charge is -2.03. The highest BCUT2D eigenvalue weighted by molar-refractivity contribution is 8.00. The summed E-state index contributed by atoms with van der Waals surface area (Å²) in [5.74, 6) is 0.813. The van der Waals surface area contributed by atoms with Gasteiger partial charge in [0, 0.05) is 10.6 Å². The molecule has 0 unspecified atom stereocenters. The molecule has 27 heavy (non-hydrogen) atoms. The molecule has 0 atom stereocenters.